The second-order valence-electron chi connectivity index (χ2n) is 6.43. The predicted octanol–water partition coefficient (Wildman–Crippen LogP) is 2.96. The van der Waals surface area contributed by atoms with Crippen molar-refractivity contribution >= 4 is 23.1 Å². The first-order valence-electron chi connectivity index (χ1n) is 8.70. The molecule has 0 bridgehead atoms. The van der Waals surface area contributed by atoms with Crippen LogP contribution in [0.15, 0.2) is 36.8 Å². The van der Waals surface area contributed by atoms with Crippen molar-refractivity contribution < 1.29 is 9.90 Å². The van der Waals surface area contributed by atoms with E-state index in [2.05, 4.69) is 25.3 Å². The molecule has 0 spiro atoms. The van der Waals surface area contributed by atoms with E-state index in [9.17, 15) is 9.90 Å². The van der Waals surface area contributed by atoms with Crippen LogP contribution in [0.2, 0.25) is 0 Å². The maximum absolute atomic E-state index is 11.4. The molecule has 134 valence electrons. The number of hydrogen-bond donors (Lipinski definition) is 3. The molecule has 1 aliphatic heterocycles. The Kier molecular flexibility index (Phi) is 4.39. The first kappa shape index (κ1) is 16.3. The molecule has 1 aliphatic rings. The molecule has 4 heterocycles. The number of H-pyrrole nitrogens is 1. The fourth-order valence-corrected chi connectivity index (χ4v) is 3.31. The number of pyridine rings is 1. The third-order valence-corrected chi connectivity index (χ3v) is 4.63. The van der Waals surface area contributed by atoms with Crippen LogP contribution in [0.4, 0.5) is 10.6 Å². The molecular formula is C18H20N6O2. The van der Waals surface area contributed by atoms with Gasteiger partial charge in [-0.2, -0.15) is 0 Å². The Morgan fingerprint density at radius 2 is 2.23 bits per heavy atom. The van der Waals surface area contributed by atoms with Crippen molar-refractivity contribution in [1.82, 2.24) is 24.8 Å². The van der Waals surface area contributed by atoms with Crippen LogP contribution in [0.5, 0.6) is 0 Å². The van der Waals surface area contributed by atoms with Crippen LogP contribution in [0.1, 0.15) is 19.3 Å². The van der Waals surface area contributed by atoms with Gasteiger partial charge in [0.05, 0.1) is 11.9 Å². The zero-order valence-corrected chi connectivity index (χ0v) is 14.2. The lowest BCUT2D eigenvalue weighted by molar-refractivity contribution is 0.146. The molecule has 4 rings (SSSR count). The molecule has 8 heteroatoms. The Balaban J connectivity index is 1.62. The Morgan fingerprint density at radius 3 is 3.12 bits per heavy atom. The average Bonchev–Trinajstić information content (AvgIpc) is 2.99. The number of carbonyl (C=O) groups is 1. The van der Waals surface area contributed by atoms with E-state index in [4.69, 9.17) is 0 Å². The first-order chi connectivity index (χ1) is 12.7. The molecule has 0 saturated carbocycles. The summed E-state index contributed by atoms with van der Waals surface area (Å²) < 4.78 is 0. The van der Waals surface area contributed by atoms with E-state index < -0.39 is 6.09 Å². The van der Waals surface area contributed by atoms with Crippen LogP contribution in [0, 0.1) is 0 Å². The predicted molar refractivity (Wildman–Crippen MR) is 98.0 cm³/mol. The van der Waals surface area contributed by atoms with Crippen molar-refractivity contribution in [2.24, 2.45) is 0 Å². The maximum Gasteiger partial charge on any atom is 0.407 e. The fourth-order valence-electron chi connectivity index (χ4n) is 3.31. The number of nitrogens with one attached hydrogen (secondary N) is 2. The summed E-state index contributed by atoms with van der Waals surface area (Å²) in [6.07, 6.45) is 7.15. The van der Waals surface area contributed by atoms with Gasteiger partial charge in [0, 0.05) is 37.1 Å². The molecule has 3 aromatic rings. The molecule has 1 atom stereocenters. The van der Waals surface area contributed by atoms with Crippen LogP contribution in [0.25, 0.3) is 22.4 Å². The van der Waals surface area contributed by atoms with E-state index in [0.29, 0.717) is 18.9 Å². The summed E-state index contributed by atoms with van der Waals surface area (Å²) in [5.41, 5.74) is 3.13. The van der Waals surface area contributed by atoms with Gasteiger partial charge in [0.2, 0.25) is 0 Å². The second kappa shape index (κ2) is 6.99. The van der Waals surface area contributed by atoms with Gasteiger partial charge in [-0.1, -0.05) is 0 Å². The Labute approximate surface area is 150 Å². The molecule has 1 unspecified atom stereocenters. The third kappa shape index (κ3) is 3.30. The Hall–Kier alpha value is -3.16. The number of anilines is 1. The van der Waals surface area contributed by atoms with E-state index in [1.165, 1.54) is 4.90 Å². The SMILES string of the molecule is O=C(O)N1CCCCC(Nc2ncccc2-c2cnc3[nH]ccc3n2)C1. The summed E-state index contributed by atoms with van der Waals surface area (Å²) in [5.74, 6) is 0.703. The number of aromatic amines is 1. The van der Waals surface area contributed by atoms with Crippen LogP contribution in [0.3, 0.4) is 0 Å². The minimum Gasteiger partial charge on any atom is -0.465 e. The molecule has 0 radical (unpaired) electrons. The van der Waals surface area contributed by atoms with Crippen LogP contribution >= 0.6 is 0 Å². The van der Waals surface area contributed by atoms with Crippen LogP contribution in [-0.4, -0.2) is 55.2 Å². The Morgan fingerprint density at radius 1 is 1.31 bits per heavy atom. The summed E-state index contributed by atoms with van der Waals surface area (Å²) in [6, 6.07) is 5.71. The van der Waals surface area contributed by atoms with Gasteiger partial charge in [0.1, 0.15) is 11.3 Å². The highest BCUT2D eigenvalue weighted by Crippen LogP contribution is 2.26. The van der Waals surface area contributed by atoms with Gasteiger partial charge >= 0.3 is 6.09 Å². The highest BCUT2D eigenvalue weighted by molar-refractivity contribution is 5.78. The quantitative estimate of drug-likeness (QED) is 0.669. The third-order valence-electron chi connectivity index (χ3n) is 4.63. The summed E-state index contributed by atoms with van der Waals surface area (Å²) in [4.78, 5) is 29.4. The smallest absolute Gasteiger partial charge is 0.407 e. The lowest BCUT2D eigenvalue weighted by Gasteiger charge is -2.23. The van der Waals surface area contributed by atoms with E-state index in [1.807, 2.05) is 24.4 Å². The normalized spacial score (nSPS) is 17.8. The highest BCUT2D eigenvalue weighted by Gasteiger charge is 2.22. The van der Waals surface area contributed by atoms with Gasteiger partial charge in [-0.15, -0.1) is 0 Å². The highest BCUT2D eigenvalue weighted by atomic mass is 16.4. The summed E-state index contributed by atoms with van der Waals surface area (Å²) >= 11 is 0. The molecule has 0 aliphatic carbocycles. The maximum atomic E-state index is 11.4. The number of carboxylic acid groups (broad SMARTS) is 1. The van der Waals surface area contributed by atoms with Gasteiger partial charge in [-0.05, 0) is 37.5 Å². The van der Waals surface area contributed by atoms with Crippen molar-refractivity contribution in [3.8, 4) is 11.3 Å². The summed E-state index contributed by atoms with van der Waals surface area (Å²) in [6.45, 7) is 1.03. The molecule has 1 amide bonds. The molecule has 1 fully saturated rings. The van der Waals surface area contributed by atoms with Gasteiger partial charge in [-0.25, -0.2) is 19.7 Å². The van der Waals surface area contributed by atoms with Gasteiger partial charge in [-0.3, -0.25) is 0 Å². The van der Waals surface area contributed by atoms with E-state index in [-0.39, 0.29) is 6.04 Å². The second-order valence-corrected chi connectivity index (χ2v) is 6.43. The molecule has 26 heavy (non-hydrogen) atoms. The number of aromatic nitrogens is 4. The molecule has 3 N–H and O–H groups in total. The van der Waals surface area contributed by atoms with Crippen molar-refractivity contribution in [3.05, 3.63) is 36.8 Å². The largest absolute Gasteiger partial charge is 0.465 e. The molecular weight excluding hydrogens is 332 g/mol. The summed E-state index contributed by atoms with van der Waals surface area (Å²) in [5, 5.41) is 12.7. The number of hydrogen-bond acceptors (Lipinski definition) is 5. The molecule has 3 aromatic heterocycles. The number of rotatable bonds is 3. The first-order valence-corrected chi connectivity index (χ1v) is 8.70. The zero-order chi connectivity index (χ0) is 17.9. The Bertz CT molecular complexity index is 925. The average molecular weight is 352 g/mol. The zero-order valence-electron chi connectivity index (χ0n) is 14.2. The topological polar surface area (TPSA) is 107 Å². The number of nitrogens with zero attached hydrogens (tertiary/aromatic N) is 4. The number of likely N-dealkylation sites (tertiary alicyclic amines) is 1. The number of amides is 1. The van der Waals surface area contributed by atoms with Crippen molar-refractivity contribution in [2.45, 2.75) is 25.3 Å². The van der Waals surface area contributed by atoms with Crippen molar-refractivity contribution in [1.29, 1.82) is 0 Å². The standard InChI is InChI=1S/C18H20N6O2/c25-18(26)24-9-2-1-4-12(11-24)22-16-13(5-3-7-19-16)15-10-21-17-14(23-15)6-8-20-17/h3,5-8,10,12H,1-2,4,9,11H2,(H,19,22)(H,20,21)(H,25,26). The van der Waals surface area contributed by atoms with E-state index >= 15 is 0 Å². The fraction of sp³-hybridized carbons (Fsp3) is 0.333. The van der Waals surface area contributed by atoms with Crippen LogP contribution in [-0.2, 0) is 0 Å². The van der Waals surface area contributed by atoms with Gasteiger partial charge < -0.3 is 20.3 Å². The van der Waals surface area contributed by atoms with Gasteiger partial charge in [0.25, 0.3) is 0 Å². The molecule has 0 aromatic carbocycles. The minimum absolute atomic E-state index is 0.0196. The summed E-state index contributed by atoms with van der Waals surface area (Å²) in [7, 11) is 0. The monoisotopic (exact) mass is 352 g/mol. The van der Waals surface area contributed by atoms with E-state index in [0.717, 1.165) is 41.7 Å². The van der Waals surface area contributed by atoms with Gasteiger partial charge in [0.15, 0.2) is 5.65 Å². The lowest BCUT2D eigenvalue weighted by Crippen LogP contribution is -2.38. The van der Waals surface area contributed by atoms with Crippen molar-refractivity contribution in [2.75, 3.05) is 18.4 Å². The number of fused-ring (bicyclic) bond motifs is 1. The van der Waals surface area contributed by atoms with Crippen LogP contribution < -0.4 is 5.32 Å². The lowest BCUT2D eigenvalue weighted by atomic mass is 10.1. The molecule has 1 saturated heterocycles. The van der Waals surface area contributed by atoms with E-state index in [1.54, 1.807) is 12.4 Å². The molecule has 8 nitrogen and oxygen atoms in total. The van der Waals surface area contributed by atoms with Crippen molar-refractivity contribution in [3.63, 3.8) is 0 Å². The minimum atomic E-state index is -0.872.